The molecule has 0 bridgehead atoms. The lowest BCUT2D eigenvalue weighted by molar-refractivity contribution is 0.239. The third-order valence-electron chi connectivity index (χ3n) is 3.31. The maximum absolute atomic E-state index is 3.62. The smallest absolute Gasteiger partial charge is 0.0327 e. The molecule has 1 saturated carbocycles. The minimum atomic E-state index is 0.746. The molecule has 0 spiro atoms. The van der Waals surface area contributed by atoms with Gasteiger partial charge < -0.3 is 5.32 Å². The highest BCUT2D eigenvalue weighted by atomic mass is 32.1. The van der Waals surface area contributed by atoms with Gasteiger partial charge in [-0.15, -0.1) is 11.3 Å². The molecule has 0 amide bonds. The van der Waals surface area contributed by atoms with E-state index in [0.717, 1.165) is 25.0 Å². The number of thiophene rings is 1. The van der Waals surface area contributed by atoms with E-state index in [9.17, 15) is 0 Å². The van der Waals surface area contributed by atoms with Gasteiger partial charge in [-0.3, -0.25) is 4.90 Å². The van der Waals surface area contributed by atoms with Gasteiger partial charge in [0.05, 0.1) is 0 Å². The van der Waals surface area contributed by atoms with Gasteiger partial charge in [0.15, 0.2) is 0 Å². The topological polar surface area (TPSA) is 15.3 Å². The van der Waals surface area contributed by atoms with Crippen LogP contribution in [0.1, 0.15) is 31.6 Å². The number of rotatable bonds is 8. The van der Waals surface area contributed by atoms with Gasteiger partial charge in [-0.1, -0.05) is 19.9 Å². The normalized spacial score (nSPS) is 17.6. The Labute approximate surface area is 109 Å². The molecule has 0 radical (unpaired) electrons. The molecule has 1 aromatic rings. The fourth-order valence-corrected chi connectivity index (χ4v) is 2.84. The van der Waals surface area contributed by atoms with E-state index >= 15 is 0 Å². The molecule has 0 aliphatic heterocycles. The van der Waals surface area contributed by atoms with E-state index in [1.807, 2.05) is 11.3 Å². The molecule has 1 heterocycles. The van der Waals surface area contributed by atoms with Crippen LogP contribution in [-0.4, -0.2) is 30.6 Å². The van der Waals surface area contributed by atoms with Crippen LogP contribution in [0.5, 0.6) is 0 Å². The van der Waals surface area contributed by atoms with E-state index in [1.54, 1.807) is 0 Å². The number of hydrogen-bond donors (Lipinski definition) is 1. The van der Waals surface area contributed by atoms with Crippen LogP contribution >= 0.6 is 11.3 Å². The Morgan fingerprint density at radius 2 is 2.35 bits per heavy atom. The van der Waals surface area contributed by atoms with Crippen molar-refractivity contribution < 1.29 is 0 Å². The van der Waals surface area contributed by atoms with Crippen molar-refractivity contribution in [2.45, 2.75) is 39.3 Å². The molecule has 3 heteroatoms. The Bertz CT molecular complexity index is 306. The van der Waals surface area contributed by atoms with Crippen LogP contribution in [0.4, 0.5) is 0 Å². The molecule has 96 valence electrons. The molecular formula is C14H24N2S. The summed E-state index contributed by atoms with van der Waals surface area (Å²) in [5.74, 6) is 0.746. The van der Waals surface area contributed by atoms with Crippen LogP contribution in [0.25, 0.3) is 0 Å². The minimum absolute atomic E-state index is 0.746. The molecule has 2 nitrogen and oxygen atoms in total. The molecule has 1 aliphatic carbocycles. The van der Waals surface area contributed by atoms with Crippen molar-refractivity contribution in [2.75, 3.05) is 19.6 Å². The molecule has 2 rings (SSSR count). The van der Waals surface area contributed by atoms with Crippen molar-refractivity contribution in [3.05, 3.63) is 22.4 Å². The van der Waals surface area contributed by atoms with Crippen molar-refractivity contribution in [3.63, 3.8) is 0 Å². The van der Waals surface area contributed by atoms with Gasteiger partial charge in [0.2, 0.25) is 0 Å². The fraction of sp³-hybridized carbons (Fsp3) is 0.714. The molecule has 17 heavy (non-hydrogen) atoms. The molecule has 1 fully saturated rings. The largest absolute Gasteiger partial charge is 0.314 e. The average Bonchev–Trinajstić information content (AvgIpc) is 3.02. The second-order valence-corrected chi connectivity index (χ2v) is 6.23. The van der Waals surface area contributed by atoms with E-state index in [2.05, 4.69) is 41.6 Å². The van der Waals surface area contributed by atoms with Crippen molar-refractivity contribution in [1.82, 2.24) is 10.2 Å². The highest BCUT2D eigenvalue weighted by molar-refractivity contribution is 7.09. The van der Waals surface area contributed by atoms with E-state index in [1.165, 1.54) is 30.8 Å². The second kappa shape index (κ2) is 6.53. The van der Waals surface area contributed by atoms with Crippen molar-refractivity contribution in [3.8, 4) is 0 Å². The van der Waals surface area contributed by atoms with Gasteiger partial charge in [-0.05, 0) is 43.3 Å². The summed E-state index contributed by atoms with van der Waals surface area (Å²) in [4.78, 5) is 4.03. The zero-order valence-corrected chi connectivity index (χ0v) is 11.8. The molecule has 0 aromatic carbocycles. The molecule has 1 unspecified atom stereocenters. The lowest BCUT2D eigenvalue weighted by Crippen LogP contribution is -2.33. The van der Waals surface area contributed by atoms with Gasteiger partial charge in [0.25, 0.3) is 0 Å². The first kappa shape index (κ1) is 13.1. The van der Waals surface area contributed by atoms with Crippen LogP contribution in [0.15, 0.2) is 17.5 Å². The van der Waals surface area contributed by atoms with E-state index in [4.69, 9.17) is 0 Å². The molecular weight excluding hydrogens is 228 g/mol. The predicted molar refractivity (Wildman–Crippen MR) is 75.5 cm³/mol. The molecule has 1 N–H and O–H groups in total. The van der Waals surface area contributed by atoms with Crippen molar-refractivity contribution in [1.29, 1.82) is 0 Å². The first-order valence-electron chi connectivity index (χ1n) is 6.76. The number of nitrogens with one attached hydrogen (secondary N) is 1. The van der Waals surface area contributed by atoms with Gasteiger partial charge in [0.1, 0.15) is 0 Å². The Balaban J connectivity index is 1.69. The average molecular weight is 252 g/mol. The van der Waals surface area contributed by atoms with Gasteiger partial charge in [-0.25, -0.2) is 0 Å². The van der Waals surface area contributed by atoms with E-state index < -0.39 is 0 Å². The highest BCUT2D eigenvalue weighted by Gasteiger charge is 2.21. The summed E-state index contributed by atoms with van der Waals surface area (Å²) in [5.41, 5.74) is 0. The molecule has 1 atom stereocenters. The van der Waals surface area contributed by atoms with Gasteiger partial charge >= 0.3 is 0 Å². The second-order valence-electron chi connectivity index (χ2n) is 5.19. The third-order valence-corrected chi connectivity index (χ3v) is 4.17. The summed E-state index contributed by atoms with van der Waals surface area (Å²) in [6.07, 6.45) is 2.78. The first-order valence-corrected chi connectivity index (χ1v) is 7.64. The Morgan fingerprint density at radius 1 is 1.53 bits per heavy atom. The van der Waals surface area contributed by atoms with Crippen molar-refractivity contribution in [2.24, 2.45) is 5.92 Å². The third kappa shape index (κ3) is 4.78. The zero-order chi connectivity index (χ0) is 12.1. The standard InChI is InChI=1S/C14H24N2S/c1-3-16(11-14-5-4-8-17-14)10-12(2)9-15-13-6-7-13/h4-5,8,12-13,15H,3,6-7,9-11H2,1-2H3. The van der Waals surface area contributed by atoms with Crippen LogP contribution in [0.2, 0.25) is 0 Å². The van der Waals surface area contributed by atoms with Gasteiger partial charge in [0, 0.05) is 24.0 Å². The van der Waals surface area contributed by atoms with Crippen LogP contribution < -0.4 is 5.32 Å². The van der Waals surface area contributed by atoms with Crippen molar-refractivity contribution >= 4 is 11.3 Å². The Hall–Kier alpha value is -0.380. The predicted octanol–water partition coefficient (Wildman–Crippen LogP) is 2.96. The summed E-state index contributed by atoms with van der Waals surface area (Å²) in [6, 6.07) is 5.22. The van der Waals surface area contributed by atoms with E-state index in [0.29, 0.717) is 0 Å². The number of hydrogen-bond acceptors (Lipinski definition) is 3. The monoisotopic (exact) mass is 252 g/mol. The molecule has 0 saturated heterocycles. The molecule has 1 aliphatic rings. The number of nitrogens with zero attached hydrogens (tertiary/aromatic N) is 1. The Morgan fingerprint density at radius 3 is 2.94 bits per heavy atom. The summed E-state index contributed by atoms with van der Waals surface area (Å²) in [6.45, 7) is 9.24. The first-order chi connectivity index (χ1) is 8.28. The highest BCUT2D eigenvalue weighted by Crippen LogP contribution is 2.19. The quantitative estimate of drug-likeness (QED) is 0.765. The lowest BCUT2D eigenvalue weighted by atomic mass is 10.1. The summed E-state index contributed by atoms with van der Waals surface area (Å²) in [7, 11) is 0. The summed E-state index contributed by atoms with van der Waals surface area (Å²) in [5, 5.41) is 5.79. The van der Waals surface area contributed by atoms with Crippen LogP contribution in [-0.2, 0) is 6.54 Å². The summed E-state index contributed by atoms with van der Waals surface area (Å²) < 4.78 is 0. The van der Waals surface area contributed by atoms with Crippen LogP contribution in [0.3, 0.4) is 0 Å². The maximum Gasteiger partial charge on any atom is 0.0327 e. The summed E-state index contributed by atoms with van der Waals surface area (Å²) >= 11 is 1.86. The fourth-order valence-electron chi connectivity index (χ4n) is 2.09. The minimum Gasteiger partial charge on any atom is -0.314 e. The maximum atomic E-state index is 3.62. The SMILES string of the molecule is CCN(Cc1cccs1)CC(C)CNC1CC1. The van der Waals surface area contributed by atoms with E-state index in [-0.39, 0.29) is 0 Å². The van der Waals surface area contributed by atoms with Gasteiger partial charge in [-0.2, -0.15) is 0 Å². The zero-order valence-electron chi connectivity index (χ0n) is 11.0. The molecule has 1 aromatic heterocycles. The lowest BCUT2D eigenvalue weighted by Gasteiger charge is -2.24. The van der Waals surface area contributed by atoms with Crippen LogP contribution in [0, 0.1) is 5.92 Å². The Kier molecular flexibility index (Phi) is 5.01.